The highest BCUT2D eigenvalue weighted by atomic mass is 16.5. The first-order valence-corrected chi connectivity index (χ1v) is 11.4. The number of piperidine rings is 1. The number of fused-ring (bicyclic) bond motifs is 1. The van der Waals surface area contributed by atoms with E-state index < -0.39 is 18.0 Å². The summed E-state index contributed by atoms with van der Waals surface area (Å²) in [5, 5.41) is 16.0. The number of ether oxygens (including phenoxy) is 1. The lowest BCUT2D eigenvalue weighted by molar-refractivity contribution is -0.128. The topological polar surface area (TPSA) is 139 Å². The molecule has 3 amide bonds. The van der Waals surface area contributed by atoms with Crippen LogP contribution in [-0.2, 0) is 9.59 Å². The van der Waals surface area contributed by atoms with Gasteiger partial charge in [-0.1, -0.05) is 18.9 Å². The zero-order valence-corrected chi connectivity index (χ0v) is 18.7. The molecule has 33 heavy (non-hydrogen) atoms. The van der Waals surface area contributed by atoms with Gasteiger partial charge in [0.15, 0.2) is 0 Å². The van der Waals surface area contributed by atoms with Gasteiger partial charge in [-0.05, 0) is 49.8 Å². The van der Waals surface area contributed by atoms with E-state index in [1.54, 1.807) is 29.9 Å². The number of nitrogens with one attached hydrogen (secondary N) is 2. The third-order valence-corrected chi connectivity index (χ3v) is 6.58. The van der Waals surface area contributed by atoms with Gasteiger partial charge in [0.05, 0.1) is 18.7 Å². The highest BCUT2D eigenvalue weighted by Gasteiger charge is 2.35. The normalized spacial score (nSPS) is 19.9. The van der Waals surface area contributed by atoms with Crippen molar-refractivity contribution < 1.29 is 19.1 Å². The first-order chi connectivity index (χ1) is 15.9. The van der Waals surface area contributed by atoms with Gasteiger partial charge in [-0.25, -0.2) is 0 Å². The Hall–Kier alpha value is -3.54. The van der Waals surface area contributed by atoms with Crippen molar-refractivity contribution in [3.05, 3.63) is 30.0 Å². The molecule has 1 aromatic carbocycles. The predicted octanol–water partition coefficient (Wildman–Crippen LogP) is 2.01. The van der Waals surface area contributed by atoms with E-state index >= 15 is 0 Å². The third kappa shape index (κ3) is 4.80. The van der Waals surface area contributed by atoms with Gasteiger partial charge in [0.2, 0.25) is 11.8 Å². The summed E-state index contributed by atoms with van der Waals surface area (Å²) in [6, 6.07) is 7.68. The second-order valence-corrected chi connectivity index (χ2v) is 8.91. The number of methoxy groups -OCH3 is 1. The molecule has 0 radical (unpaired) electrons. The Kier molecular flexibility index (Phi) is 6.54. The van der Waals surface area contributed by atoms with Gasteiger partial charge in [0.25, 0.3) is 5.91 Å². The molecule has 1 aliphatic carbocycles. The lowest BCUT2D eigenvalue weighted by Crippen LogP contribution is -2.44. The van der Waals surface area contributed by atoms with E-state index in [1.807, 2.05) is 6.07 Å². The summed E-state index contributed by atoms with van der Waals surface area (Å²) < 4.78 is 7.12. The summed E-state index contributed by atoms with van der Waals surface area (Å²) in [6.45, 7) is 0.641. The molecule has 0 bridgehead atoms. The standard InChI is InChI=1S/C24H29N5O4/c1-33-21-6-2-5-18-17(21)12-19(22(26)30)29(18)20(10-14-7-8-14)24(32)28-16(13-25)11-15-4-3-9-27-23(15)31/h2,5-6,12,14-16,20H,3-4,7-11H2,1H3,(H2,26,30)(H,27,31)(H,28,32)/t15-,16+,20+/m0/s1. The van der Waals surface area contributed by atoms with Crippen LogP contribution in [0.2, 0.25) is 0 Å². The first-order valence-electron chi connectivity index (χ1n) is 11.4. The van der Waals surface area contributed by atoms with Crippen molar-refractivity contribution >= 4 is 28.6 Å². The number of carbonyl (C=O) groups excluding carboxylic acids is 3. The molecule has 9 nitrogen and oxygen atoms in total. The van der Waals surface area contributed by atoms with Crippen molar-refractivity contribution in [1.82, 2.24) is 15.2 Å². The number of hydrogen-bond acceptors (Lipinski definition) is 5. The molecule has 1 saturated heterocycles. The van der Waals surface area contributed by atoms with E-state index in [0.29, 0.717) is 42.0 Å². The van der Waals surface area contributed by atoms with Crippen molar-refractivity contribution in [2.45, 2.75) is 50.6 Å². The smallest absolute Gasteiger partial charge is 0.265 e. The number of nitrogens with zero attached hydrogens (tertiary/aromatic N) is 2. The molecule has 1 saturated carbocycles. The van der Waals surface area contributed by atoms with Crippen LogP contribution in [-0.4, -0.2) is 42.0 Å². The van der Waals surface area contributed by atoms with Crippen LogP contribution in [0, 0.1) is 23.2 Å². The minimum atomic E-state index is -0.804. The first kappa shape index (κ1) is 22.6. The second kappa shape index (κ2) is 9.53. The van der Waals surface area contributed by atoms with Gasteiger partial charge in [0.1, 0.15) is 23.5 Å². The van der Waals surface area contributed by atoms with Gasteiger partial charge in [-0.3, -0.25) is 14.4 Å². The van der Waals surface area contributed by atoms with Crippen molar-refractivity contribution in [3.63, 3.8) is 0 Å². The summed E-state index contributed by atoms with van der Waals surface area (Å²) in [4.78, 5) is 38.0. The molecule has 9 heteroatoms. The number of primary amides is 1. The van der Waals surface area contributed by atoms with Crippen molar-refractivity contribution in [2.75, 3.05) is 13.7 Å². The molecule has 174 valence electrons. The SMILES string of the molecule is COc1cccc2c1cc(C(N)=O)n2[C@H](CC1CC1)C(=O)N[C@@H](C#N)C[C@@H]1CCCNC1=O. The summed E-state index contributed by atoms with van der Waals surface area (Å²) >= 11 is 0. The minimum absolute atomic E-state index is 0.0789. The Morgan fingerprint density at radius 2 is 2.12 bits per heavy atom. The van der Waals surface area contributed by atoms with Gasteiger partial charge in [-0.15, -0.1) is 0 Å². The number of amides is 3. The predicted molar refractivity (Wildman–Crippen MR) is 121 cm³/mol. The van der Waals surface area contributed by atoms with Crippen LogP contribution >= 0.6 is 0 Å². The van der Waals surface area contributed by atoms with E-state index in [0.717, 1.165) is 19.3 Å². The number of aromatic nitrogens is 1. The Balaban J connectivity index is 1.65. The maximum Gasteiger partial charge on any atom is 0.265 e. The molecule has 3 atom stereocenters. The Morgan fingerprint density at radius 3 is 2.76 bits per heavy atom. The maximum absolute atomic E-state index is 13.5. The van der Waals surface area contributed by atoms with Crippen LogP contribution in [0.15, 0.2) is 24.3 Å². The van der Waals surface area contributed by atoms with E-state index in [9.17, 15) is 19.6 Å². The number of rotatable bonds is 9. The molecular formula is C24H29N5O4. The van der Waals surface area contributed by atoms with Crippen molar-refractivity contribution in [3.8, 4) is 11.8 Å². The van der Waals surface area contributed by atoms with Crippen LogP contribution in [0.1, 0.15) is 55.1 Å². The average Bonchev–Trinajstić information content (AvgIpc) is 3.55. The van der Waals surface area contributed by atoms with Crippen molar-refractivity contribution in [1.29, 1.82) is 5.26 Å². The van der Waals surface area contributed by atoms with E-state index in [2.05, 4.69) is 16.7 Å². The molecule has 0 spiro atoms. The molecule has 4 rings (SSSR count). The van der Waals surface area contributed by atoms with Crippen molar-refractivity contribution in [2.24, 2.45) is 17.6 Å². The monoisotopic (exact) mass is 451 g/mol. The Labute approximate surface area is 192 Å². The highest BCUT2D eigenvalue weighted by molar-refractivity contribution is 6.01. The minimum Gasteiger partial charge on any atom is -0.496 e. The van der Waals surface area contributed by atoms with Crippen LogP contribution in [0.4, 0.5) is 0 Å². The molecule has 4 N–H and O–H groups in total. The molecule has 1 aromatic heterocycles. The van der Waals surface area contributed by atoms with Gasteiger partial charge >= 0.3 is 0 Å². The fourth-order valence-electron chi connectivity index (χ4n) is 4.68. The summed E-state index contributed by atoms with van der Waals surface area (Å²) in [7, 11) is 1.55. The van der Waals surface area contributed by atoms with Gasteiger partial charge < -0.3 is 25.7 Å². The van der Waals surface area contributed by atoms with E-state index in [-0.39, 0.29) is 29.8 Å². The Bertz CT molecular complexity index is 1110. The maximum atomic E-state index is 13.5. The van der Waals surface area contributed by atoms with Crippen LogP contribution in [0.5, 0.6) is 5.75 Å². The number of benzene rings is 1. The molecule has 2 aliphatic rings. The van der Waals surface area contributed by atoms with Crippen LogP contribution in [0.25, 0.3) is 10.9 Å². The number of nitriles is 1. The largest absolute Gasteiger partial charge is 0.496 e. The van der Waals surface area contributed by atoms with E-state index in [4.69, 9.17) is 10.5 Å². The average molecular weight is 452 g/mol. The molecule has 0 unspecified atom stereocenters. The Morgan fingerprint density at radius 1 is 1.33 bits per heavy atom. The lowest BCUT2D eigenvalue weighted by Gasteiger charge is -2.26. The quantitative estimate of drug-likeness (QED) is 0.535. The zero-order chi connectivity index (χ0) is 23.5. The molecule has 1 aliphatic heterocycles. The second-order valence-electron chi connectivity index (χ2n) is 8.91. The van der Waals surface area contributed by atoms with Gasteiger partial charge in [-0.2, -0.15) is 5.26 Å². The van der Waals surface area contributed by atoms with E-state index in [1.165, 1.54) is 0 Å². The van der Waals surface area contributed by atoms with Gasteiger partial charge in [0, 0.05) is 17.8 Å². The molecule has 2 aromatic rings. The fraction of sp³-hybridized carbons (Fsp3) is 0.500. The van der Waals surface area contributed by atoms with Crippen LogP contribution in [0.3, 0.4) is 0 Å². The number of nitrogens with two attached hydrogens (primary N) is 1. The highest BCUT2D eigenvalue weighted by Crippen LogP contribution is 2.40. The molecular weight excluding hydrogens is 422 g/mol. The molecule has 2 heterocycles. The molecule has 2 fully saturated rings. The van der Waals surface area contributed by atoms with Crippen LogP contribution < -0.4 is 21.1 Å². The summed E-state index contributed by atoms with van der Waals surface area (Å²) in [5.74, 6) is -0.426. The number of carbonyl (C=O) groups is 3. The lowest BCUT2D eigenvalue weighted by atomic mass is 9.92. The zero-order valence-electron chi connectivity index (χ0n) is 18.7. The summed E-state index contributed by atoms with van der Waals surface area (Å²) in [5.41, 5.74) is 6.58. The summed E-state index contributed by atoms with van der Waals surface area (Å²) in [6.07, 6.45) is 4.37. The third-order valence-electron chi connectivity index (χ3n) is 6.58. The fourth-order valence-corrected chi connectivity index (χ4v) is 4.68. The number of hydrogen-bond donors (Lipinski definition) is 3.